The zero-order chi connectivity index (χ0) is 9.68. The molecule has 13 heavy (non-hydrogen) atoms. The highest BCUT2D eigenvalue weighted by atomic mass is 16.3. The molecule has 0 aromatic rings. The van der Waals surface area contributed by atoms with E-state index in [0.29, 0.717) is 0 Å². The van der Waals surface area contributed by atoms with Crippen molar-refractivity contribution >= 4 is 0 Å². The van der Waals surface area contributed by atoms with Gasteiger partial charge < -0.3 is 5.11 Å². The van der Waals surface area contributed by atoms with Crippen LogP contribution in [0, 0.1) is 5.92 Å². The molecule has 0 aliphatic heterocycles. The highest BCUT2D eigenvalue weighted by Crippen LogP contribution is 2.23. The molecule has 1 rings (SSSR count). The molecule has 1 aliphatic carbocycles. The van der Waals surface area contributed by atoms with Gasteiger partial charge in [0.2, 0.25) is 0 Å². The van der Waals surface area contributed by atoms with Gasteiger partial charge in [-0.1, -0.05) is 36.5 Å². The quantitative estimate of drug-likeness (QED) is 0.509. The minimum absolute atomic E-state index is 0.274. The van der Waals surface area contributed by atoms with Crippen molar-refractivity contribution in [2.75, 3.05) is 0 Å². The second-order valence-electron chi connectivity index (χ2n) is 3.68. The van der Waals surface area contributed by atoms with Gasteiger partial charge in [-0.3, -0.25) is 0 Å². The Labute approximate surface area is 80.5 Å². The summed E-state index contributed by atoms with van der Waals surface area (Å²) in [6, 6.07) is 0. The molecule has 0 saturated heterocycles. The fourth-order valence-corrected chi connectivity index (χ4v) is 1.72. The lowest BCUT2D eigenvalue weighted by Gasteiger charge is -2.13. The minimum atomic E-state index is -0.307. The Kier molecular flexibility index (Phi) is 3.97. The standard InChI is InChI=1S/C12H18O/c1-3-4-7-11-8-5-6-10(2)9-12(11)13/h3-4,7,9,11-13H,1,5-6,8H2,2H3/b7-4+. The van der Waals surface area contributed by atoms with Crippen molar-refractivity contribution < 1.29 is 5.11 Å². The first-order chi connectivity index (χ1) is 6.24. The summed E-state index contributed by atoms with van der Waals surface area (Å²) in [4.78, 5) is 0. The van der Waals surface area contributed by atoms with Crippen LogP contribution in [0.2, 0.25) is 0 Å². The molecular formula is C12H18O. The van der Waals surface area contributed by atoms with E-state index < -0.39 is 0 Å². The van der Waals surface area contributed by atoms with Crippen LogP contribution >= 0.6 is 0 Å². The third-order valence-corrected chi connectivity index (χ3v) is 2.50. The Morgan fingerprint density at radius 1 is 1.62 bits per heavy atom. The number of allylic oxidation sites excluding steroid dienone is 3. The lowest BCUT2D eigenvalue weighted by Crippen LogP contribution is -2.14. The first-order valence-electron chi connectivity index (χ1n) is 4.88. The molecule has 0 bridgehead atoms. The first kappa shape index (κ1) is 10.3. The lowest BCUT2D eigenvalue weighted by atomic mass is 9.98. The van der Waals surface area contributed by atoms with Gasteiger partial charge in [0.25, 0.3) is 0 Å². The topological polar surface area (TPSA) is 20.2 Å². The highest BCUT2D eigenvalue weighted by molar-refractivity contribution is 5.11. The number of rotatable bonds is 2. The van der Waals surface area contributed by atoms with Crippen LogP contribution in [0.4, 0.5) is 0 Å². The van der Waals surface area contributed by atoms with Crippen molar-refractivity contribution in [1.82, 2.24) is 0 Å². The third kappa shape index (κ3) is 3.19. The maximum atomic E-state index is 9.78. The summed E-state index contributed by atoms with van der Waals surface area (Å²) >= 11 is 0. The molecule has 0 aromatic heterocycles. The Bertz CT molecular complexity index is 225. The van der Waals surface area contributed by atoms with Crippen molar-refractivity contribution in [3.63, 3.8) is 0 Å². The molecule has 1 N–H and O–H groups in total. The summed E-state index contributed by atoms with van der Waals surface area (Å²) < 4.78 is 0. The van der Waals surface area contributed by atoms with Crippen molar-refractivity contribution in [2.24, 2.45) is 5.92 Å². The van der Waals surface area contributed by atoms with Gasteiger partial charge in [0.15, 0.2) is 0 Å². The molecule has 1 nitrogen and oxygen atoms in total. The molecule has 2 atom stereocenters. The van der Waals surface area contributed by atoms with Crippen LogP contribution in [-0.2, 0) is 0 Å². The largest absolute Gasteiger partial charge is 0.388 e. The van der Waals surface area contributed by atoms with E-state index in [1.54, 1.807) is 6.08 Å². The lowest BCUT2D eigenvalue weighted by molar-refractivity contribution is 0.173. The molecular weight excluding hydrogens is 160 g/mol. The predicted octanol–water partition coefficient (Wildman–Crippen LogP) is 2.84. The highest BCUT2D eigenvalue weighted by Gasteiger charge is 2.16. The summed E-state index contributed by atoms with van der Waals surface area (Å²) in [5.74, 6) is 0.274. The third-order valence-electron chi connectivity index (χ3n) is 2.50. The summed E-state index contributed by atoms with van der Waals surface area (Å²) in [6.07, 6.45) is 10.8. The van der Waals surface area contributed by atoms with E-state index in [2.05, 4.69) is 13.5 Å². The first-order valence-corrected chi connectivity index (χ1v) is 4.88. The fraction of sp³-hybridized carbons (Fsp3) is 0.500. The van der Waals surface area contributed by atoms with Crippen LogP contribution in [0.15, 0.2) is 36.5 Å². The molecule has 0 spiro atoms. The molecule has 1 heteroatoms. The fourth-order valence-electron chi connectivity index (χ4n) is 1.72. The smallest absolute Gasteiger partial charge is 0.0786 e. The van der Waals surface area contributed by atoms with Crippen LogP contribution in [0.3, 0.4) is 0 Å². The van der Waals surface area contributed by atoms with Crippen LogP contribution in [0.25, 0.3) is 0 Å². The Morgan fingerprint density at radius 3 is 3.08 bits per heavy atom. The molecule has 0 amide bonds. The van der Waals surface area contributed by atoms with E-state index in [1.807, 2.05) is 18.2 Å². The Hall–Kier alpha value is -0.820. The van der Waals surface area contributed by atoms with Crippen molar-refractivity contribution in [3.05, 3.63) is 36.5 Å². The van der Waals surface area contributed by atoms with Gasteiger partial charge >= 0.3 is 0 Å². The average Bonchev–Trinajstić information content (AvgIpc) is 2.24. The summed E-state index contributed by atoms with van der Waals surface area (Å²) in [5, 5.41) is 9.78. The van der Waals surface area contributed by atoms with Crippen molar-refractivity contribution in [2.45, 2.75) is 32.3 Å². The number of hydrogen-bond donors (Lipinski definition) is 1. The SMILES string of the molecule is C=C/C=C/C1CCCC(C)=CC1O. The van der Waals surface area contributed by atoms with Gasteiger partial charge in [-0.05, 0) is 26.2 Å². The van der Waals surface area contributed by atoms with Crippen LogP contribution < -0.4 is 0 Å². The Morgan fingerprint density at radius 2 is 2.38 bits per heavy atom. The van der Waals surface area contributed by atoms with E-state index in [4.69, 9.17) is 0 Å². The van der Waals surface area contributed by atoms with Gasteiger partial charge in [-0.25, -0.2) is 0 Å². The molecule has 0 fully saturated rings. The molecule has 72 valence electrons. The number of aliphatic hydroxyl groups excluding tert-OH is 1. The van der Waals surface area contributed by atoms with Gasteiger partial charge in [-0.15, -0.1) is 0 Å². The number of aliphatic hydroxyl groups is 1. The summed E-state index contributed by atoms with van der Waals surface area (Å²) in [6.45, 7) is 5.71. The summed E-state index contributed by atoms with van der Waals surface area (Å²) in [7, 11) is 0. The van der Waals surface area contributed by atoms with Crippen LogP contribution in [0.1, 0.15) is 26.2 Å². The second kappa shape index (κ2) is 5.03. The van der Waals surface area contributed by atoms with Gasteiger partial charge in [0.05, 0.1) is 6.10 Å². The summed E-state index contributed by atoms with van der Waals surface area (Å²) in [5.41, 5.74) is 1.31. The van der Waals surface area contributed by atoms with E-state index >= 15 is 0 Å². The zero-order valence-corrected chi connectivity index (χ0v) is 8.24. The minimum Gasteiger partial charge on any atom is -0.388 e. The van der Waals surface area contributed by atoms with Crippen molar-refractivity contribution in [1.29, 1.82) is 0 Å². The second-order valence-corrected chi connectivity index (χ2v) is 3.68. The molecule has 0 aromatic carbocycles. The van der Waals surface area contributed by atoms with E-state index in [1.165, 1.54) is 12.0 Å². The van der Waals surface area contributed by atoms with E-state index in [9.17, 15) is 5.11 Å². The molecule has 0 saturated carbocycles. The van der Waals surface area contributed by atoms with Crippen molar-refractivity contribution in [3.8, 4) is 0 Å². The molecule has 0 heterocycles. The zero-order valence-electron chi connectivity index (χ0n) is 8.24. The molecule has 0 radical (unpaired) electrons. The molecule has 2 unspecified atom stereocenters. The van der Waals surface area contributed by atoms with Gasteiger partial charge in [0, 0.05) is 5.92 Å². The maximum absolute atomic E-state index is 9.78. The van der Waals surface area contributed by atoms with Crippen LogP contribution in [0.5, 0.6) is 0 Å². The maximum Gasteiger partial charge on any atom is 0.0786 e. The van der Waals surface area contributed by atoms with E-state index in [-0.39, 0.29) is 12.0 Å². The van der Waals surface area contributed by atoms with E-state index in [0.717, 1.165) is 12.8 Å². The normalized spacial score (nSPS) is 29.8. The molecule has 1 aliphatic rings. The predicted molar refractivity (Wildman–Crippen MR) is 56.4 cm³/mol. The van der Waals surface area contributed by atoms with Gasteiger partial charge in [-0.2, -0.15) is 0 Å². The van der Waals surface area contributed by atoms with Gasteiger partial charge in [0.1, 0.15) is 0 Å². The van der Waals surface area contributed by atoms with Crippen LogP contribution in [-0.4, -0.2) is 11.2 Å². The monoisotopic (exact) mass is 178 g/mol. The Balaban J connectivity index is 2.64. The number of hydrogen-bond acceptors (Lipinski definition) is 1. The average molecular weight is 178 g/mol.